The molecule has 1 fully saturated rings. The van der Waals surface area contributed by atoms with Crippen LogP contribution in [0.2, 0.25) is 0 Å². The molecule has 1 aliphatic rings. The summed E-state index contributed by atoms with van der Waals surface area (Å²) in [5.41, 5.74) is 0.770. The number of imidazole rings is 1. The van der Waals surface area contributed by atoms with Crippen molar-refractivity contribution in [2.24, 2.45) is 11.8 Å². The van der Waals surface area contributed by atoms with Gasteiger partial charge in [0.15, 0.2) is 11.5 Å². The summed E-state index contributed by atoms with van der Waals surface area (Å²) >= 11 is 0. The van der Waals surface area contributed by atoms with Crippen LogP contribution in [0.3, 0.4) is 0 Å². The second kappa shape index (κ2) is 5.73. The average molecular weight is 289 g/mol. The van der Waals surface area contributed by atoms with Gasteiger partial charge in [-0.1, -0.05) is 12.5 Å². The summed E-state index contributed by atoms with van der Waals surface area (Å²) in [5, 5.41) is 21.9. The number of aliphatic hydroxyl groups is 1. The van der Waals surface area contributed by atoms with Gasteiger partial charge in [-0.2, -0.15) is 0 Å². The van der Waals surface area contributed by atoms with Gasteiger partial charge in [-0.05, 0) is 36.8 Å². The molecule has 2 aromatic rings. The number of nitrogens with one attached hydrogen (secondary N) is 1. The summed E-state index contributed by atoms with van der Waals surface area (Å²) in [4.78, 5) is 15.8. The fourth-order valence-electron chi connectivity index (χ4n) is 3.17. The van der Waals surface area contributed by atoms with E-state index in [1.807, 2.05) is 6.07 Å². The summed E-state index contributed by atoms with van der Waals surface area (Å²) in [6.07, 6.45) is 4.92. The fourth-order valence-corrected chi connectivity index (χ4v) is 3.17. The maximum Gasteiger partial charge on any atom is 0.356 e. The molecule has 3 N–H and O–H groups in total. The highest BCUT2D eigenvalue weighted by Crippen LogP contribution is 2.31. The zero-order chi connectivity index (χ0) is 14.8. The molecular formula is C15H19N3O3. The molecule has 1 saturated carbocycles. The first-order chi connectivity index (χ1) is 10.2. The van der Waals surface area contributed by atoms with Crippen LogP contribution in [0.25, 0.3) is 5.65 Å². The van der Waals surface area contributed by atoms with Crippen molar-refractivity contribution in [2.45, 2.75) is 19.3 Å². The van der Waals surface area contributed by atoms with Crippen molar-refractivity contribution in [3.8, 4) is 0 Å². The van der Waals surface area contributed by atoms with Crippen molar-refractivity contribution in [1.82, 2.24) is 9.38 Å². The molecule has 0 aliphatic heterocycles. The minimum atomic E-state index is -0.999. The van der Waals surface area contributed by atoms with Crippen LogP contribution < -0.4 is 5.32 Å². The summed E-state index contributed by atoms with van der Waals surface area (Å²) in [5.74, 6) is 0.0860. The molecule has 6 nitrogen and oxygen atoms in total. The van der Waals surface area contributed by atoms with E-state index in [1.54, 1.807) is 22.7 Å². The highest BCUT2D eigenvalue weighted by molar-refractivity contribution is 5.92. The van der Waals surface area contributed by atoms with Crippen LogP contribution in [-0.2, 0) is 0 Å². The Morgan fingerprint density at radius 3 is 2.95 bits per heavy atom. The van der Waals surface area contributed by atoms with Gasteiger partial charge in [0.05, 0.1) is 0 Å². The predicted molar refractivity (Wildman–Crippen MR) is 78.6 cm³/mol. The summed E-state index contributed by atoms with van der Waals surface area (Å²) in [6, 6.07) is 5.39. The quantitative estimate of drug-likeness (QED) is 0.782. The number of aromatic nitrogens is 2. The predicted octanol–water partition coefficient (Wildman–Crippen LogP) is 1.85. The second-order valence-corrected chi connectivity index (χ2v) is 5.56. The molecule has 0 spiro atoms. The van der Waals surface area contributed by atoms with E-state index < -0.39 is 5.97 Å². The number of rotatable bonds is 5. The molecule has 0 aromatic carbocycles. The fraction of sp³-hybridized carbons (Fsp3) is 0.467. The number of hydrogen-bond donors (Lipinski definition) is 3. The molecule has 0 radical (unpaired) electrons. The van der Waals surface area contributed by atoms with Gasteiger partial charge in [0.25, 0.3) is 0 Å². The zero-order valence-electron chi connectivity index (χ0n) is 11.7. The number of hydrogen-bond acceptors (Lipinski definition) is 4. The zero-order valence-corrected chi connectivity index (χ0v) is 11.7. The molecule has 1 aliphatic carbocycles. The Morgan fingerprint density at radius 1 is 1.38 bits per heavy atom. The third kappa shape index (κ3) is 2.58. The Hall–Kier alpha value is -2.08. The van der Waals surface area contributed by atoms with Gasteiger partial charge < -0.3 is 15.5 Å². The first-order valence-electron chi connectivity index (χ1n) is 7.26. The standard InChI is InChI=1S/C15H19N3O3/c19-9-11-5-3-4-10(11)8-16-14-13(15(20)21)18-7-2-1-6-12(18)17-14/h1-2,6-7,10-11,16,19H,3-5,8-9H2,(H,20,21). The maximum atomic E-state index is 11.5. The van der Waals surface area contributed by atoms with Crippen LogP contribution in [-0.4, -0.2) is 38.7 Å². The van der Waals surface area contributed by atoms with Gasteiger partial charge in [0.1, 0.15) is 5.65 Å². The first-order valence-corrected chi connectivity index (χ1v) is 7.26. The molecule has 0 bridgehead atoms. The molecule has 2 atom stereocenters. The van der Waals surface area contributed by atoms with E-state index in [1.165, 1.54) is 0 Å². The largest absolute Gasteiger partial charge is 0.476 e. The third-order valence-electron chi connectivity index (χ3n) is 4.32. The van der Waals surface area contributed by atoms with Crippen LogP contribution in [0.4, 0.5) is 5.82 Å². The van der Waals surface area contributed by atoms with Crippen LogP contribution in [0.1, 0.15) is 29.8 Å². The van der Waals surface area contributed by atoms with E-state index in [4.69, 9.17) is 0 Å². The van der Waals surface area contributed by atoms with Crippen molar-refractivity contribution in [3.05, 3.63) is 30.1 Å². The molecule has 2 aromatic heterocycles. The van der Waals surface area contributed by atoms with Crippen molar-refractivity contribution in [1.29, 1.82) is 0 Å². The van der Waals surface area contributed by atoms with Crippen LogP contribution in [0.15, 0.2) is 24.4 Å². The summed E-state index contributed by atoms with van der Waals surface area (Å²) < 4.78 is 1.57. The Balaban J connectivity index is 1.83. The van der Waals surface area contributed by atoms with Gasteiger partial charge in [0, 0.05) is 19.3 Å². The van der Waals surface area contributed by atoms with Crippen molar-refractivity contribution in [3.63, 3.8) is 0 Å². The molecule has 0 saturated heterocycles. The third-order valence-corrected chi connectivity index (χ3v) is 4.32. The van der Waals surface area contributed by atoms with E-state index in [0.717, 1.165) is 19.3 Å². The lowest BCUT2D eigenvalue weighted by Gasteiger charge is -2.17. The lowest BCUT2D eigenvalue weighted by Crippen LogP contribution is -2.21. The number of carbonyl (C=O) groups is 1. The number of aromatic carboxylic acids is 1. The molecule has 6 heteroatoms. The number of pyridine rings is 1. The lowest BCUT2D eigenvalue weighted by molar-refractivity contribution is 0.0690. The van der Waals surface area contributed by atoms with Gasteiger partial charge in [-0.3, -0.25) is 4.40 Å². The van der Waals surface area contributed by atoms with E-state index in [-0.39, 0.29) is 12.3 Å². The Bertz CT molecular complexity index is 653. The summed E-state index contributed by atoms with van der Waals surface area (Å²) in [6.45, 7) is 0.846. The maximum absolute atomic E-state index is 11.5. The molecule has 0 amide bonds. The van der Waals surface area contributed by atoms with Crippen LogP contribution in [0.5, 0.6) is 0 Å². The average Bonchev–Trinajstić information content (AvgIpc) is 3.08. The van der Waals surface area contributed by atoms with Crippen molar-refractivity contribution in [2.75, 3.05) is 18.5 Å². The Morgan fingerprint density at radius 2 is 2.19 bits per heavy atom. The molecule has 2 unspecified atom stereocenters. The van der Waals surface area contributed by atoms with E-state index in [0.29, 0.717) is 29.8 Å². The molecule has 112 valence electrons. The molecule has 3 rings (SSSR count). The number of carboxylic acid groups (broad SMARTS) is 1. The number of carboxylic acids is 1. The topological polar surface area (TPSA) is 86.9 Å². The highest BCUT2D eigenvalue weighted by Gasteiger charge is 2.27. The second-order valence-electron chi connectivity index (χ2n) is 5.56. The van der Waals surface area contributed by atoms with Gasteiger partial charge >= 0.3 is 5.97 Å². The Labute approximate surface area is 122 Å². The SMILES string of the molecule is O=C(O)c1c(NCC2CCCC2CO)nc2ccccn12. The normalized spacial score (nSPS) is 21.8. The van der Waals surface area contributed by atoms with Crippen LogP contribution in [0, 0.1) is 11.8 Å². The van der Waals surface area contributed by atoms with Crippen molar-refractivity contribution < 1.29 is 15.0 Å². The highest BCUT2D eigenvalue weighted by atomic mass is 16.4. The molecule has 2 heterocycles. The number of anilines is 1. The minimum Gasteiger partial charge on any atom is -0.476 e. The number of nitrogens with zero attached hydrogens (tertiary/aromatic N) is 2. The minimum absolute atomic E-state index is 0.157. The first kappa shape index (κ1) is 13.9. The monoisotopic (exact) mass is 289 g/mol. The van der Waals surface area contributed by atoms with Gasteiger partial charge in [0.2, 0.25) is 0 Å². The molecule has 21 heavy (non-hydrogen) atoms. The summed E-state index contributed by atoms with van der Waals surface area (Å²) in [7, 11) is 0. The smallest absolute Gasteiger partial charge is 0.356 e. The lowest BCUT2D eigenvalue weighted by atomic mass is 9.97. The van der Waals surface area contributed by atoms with E-state index in [9.17, 15) is 15.0 Å². The Kier molecular flexibility index (Phi) is 3.79. The van der Waals surface area contributed by atoms with E-state index in [2.05, 4.69) is 10.3 Å². The van der Waals surface area contributed by atoms with Gasteiger partial charge in [-0.15, -0.1) is 0 Å². The van der Waals surface area contributed by atoms with Crippen LogP contribution >= 0.6 is 0 Å². The molecular weight excluding hydrogens is 270 g/mol. The number of aliphatic hydroxyl groups excluding tert-OH is 1. The number of fused-ring (bicyclic) bond motifs is 1. The van der Waals surface area contributed by atoms with E-state index >= 15 is 0 Å². The van der Waals surface area contributed by atoms with Crippen molar-refractivity contribution >= 4 is 17.4 Å². The van der Waals surface area contributed by atoms with Gasteiger partial charge in [-0.25, -0.2) is 9.78 Å².